The van der Waals surface area contributed by atoms with Gasteiger partial charge in [0.1, 0.15) is 0 Å². The molecular formula is C12H23IO2. The largest absolute Gasteiger partial charge is 0.379 e. The van der Waals surface area contributed by atoms with Crippen LogP contribution >= 0.6 is 22.6 Å². The molecule has 1 fully saturated rings. The summed E-state index contributed by atoms with van der Waals surface area (Å²) in [6, 6.07) is 0. The Labute approximate surface area is 107 Å². The summed E-state index contributed by atoms with van der Waals surface area (Å²) in [7, 11) is 0. The van der Waals surface area contributed by atoms with E-state index in [4.69, 9.17) is 9.47 Å². The first-order chi connectivity index (χ1) is 7.22. The molecule has 0 atom stereocenters. The molecule has 0 saturated heterocycles. The molecule has 0 aliphatic heterocycles. The second-order valence-corrected chi connectivity index (χ2v) is 5.31. The van der Waals surface area contributed by atoms with Crippen LogP contribution in [0.2, 0.25) is 0 Å². The fraction of sp³-hybridized carbons (Fsp3) is 1.00. The van der Waals surface area contributed by atoms with Gasteiger partial charge < -0.3 is 9.47 Å². The van der Waals surface area contributed by atoms with Crippen molar-refractivity contribution in [2.75, 3.05) is 24.2 Å². The molecule has 0 unspecified atom stereocenters. The van der Waals surface area contributed by atoms with Crippen molar-refractivity contribution >= 4 is 22.6 Å². The number of halogens is 1. The van der Waals surface area contributed by atoms with Crippen molar-refractivity contribution in [2.24, 2.45) is 5.92 Å². The van der Waals surface area contributed by atoms with Crippen LogP contribution < -0.4 is 0 Å². The summed E-state index contributed by atoms with van der Waals surface area (Å²) in [5.41, 5.74) is 0.157. The fourth-order valence-corrected chi connectivity index (χ4v) is 3.05. The maximum absolute atomic E-state index is 6.04. The standard InChI is InChI=1S/C12H23IO2/c1-3-14-8-9-15-12(10-13)6-4-11(2)5-7-12/h11H,3-10H2,1-2H3. The van der Waals surface area contributed by atoms with Crippen molar-refractivity contribution in [3.8, 4) is 0 Å². The molecule has 0 aromatic heterocycles. The van der Waals surface area contributed by atoms with Gasteiger partial charge in [0.2, 0.25) is 0 Å². The topological polar surface area (TPSA) is 18.5 Å². The number of alkyl halides is 1. The Bertz CT molecular complexity index is 165. The van der Waals surface area contributed by atoms with E-state index in [1.807, 2.05) is 6.92 Å². The molecule has 15 heavy (non-hydrogen) atoms. The highest BCUT2D eigenvalue weighted by molar-refractivity contribution is 14.1. The first-order valence-corrected chi connectivity index (χ1v) is 7.52. The van der Waals surface area contributed by atoms with Crippen LogP contribution in [0.15, 0.2) is 0 Å². The van der Waals surface area contributed by atoms with Gasteiger partial charge in [0, 0.05) is 11.0 Å². The molecule has 3 heteroatoms. The van der Waals surface area contributed by atoms with Crippen LogP contribution in [0, 0.1) is 5.92 Å². The van der Waals surface area contributed by atoms with Crippen LogP contribution in [0.5, 0.6) is 0 Å². The lowest BCUT2D eigenvalue weighted by atomic mass is 9.80. The van der Waals surface area contributed by atoms with Gasteiger partial charge in [0.25, 0.3) is 0 Å². The molecule has 1 saturated carbocycles. The minimum absolute atomic E-state index is 0.157. The quantitative estimate of drug-likeness (QED) is 0.423. The first kappa shape index (κ1) is 13.7. The second-order valence-electron chi connectivity index (χ2n) is 4.54. The monoisotopic (exact) mass is 326 g/mol. The van der Waals surface area contributed by atoms with Crippen molar-refractivity contribution in [1.82, 2.24) is 0 Å². The van der Waals surface area contributed by atoms with E-state index in [2.05, 4.69) is 29.5 Å². The Hall–Kier alpha value is 0.650. The van der Waals surface area contributed by atoms with Crippen molar-refractivity contribution < 1.29 is 9.47 Å². The van der Waals surface area contributed by atoms with Gasteiger partial charge in [0.15, 0.2) is 0 Å². The highest BCUT2D eigenvalue weighted by Gasteiger charge is 2.33. The van der Waals surface area contributed by atoms with E-state index in [1.54, 1.807) is 0 Å². The Morgan fingerprint density at radius 1 is 1.27 bits per heavy atom. The smallest absolute Gasteiger partial charge is 0.0772 e. The van der Waals surface area contributed by atoms with Crippen LogP contribution in [0.4, 0.5) is 0 Å². The van der Waals surface area contributed by atoms with Crippen molar-refractivity contribution in [3.63, 3.8) is 0 Å². The molecule has 0 N–H and O–H groups in total. The van der Waals surface area contributed by atoms with Crippen LogP contribution in [-0.4, -0.2) is 29.8 Å². The lowest BCUT2D eigenvalue weighted by molar-refractivity contribution is -0.0757. The van der Waals surface area contributed by atoms with Crippen molar-refractivity contribution in [2.45, 2.75) is 45.1 Å². The molecule has 2 nitrogen and oxygen atoms in total. The Balaban J connectivity index is 2.27. The average molecular weight is 326 g/mol. The van der Waals surface area contributed by atoms with Crippen molar-refractivity contribution in [1.29, 1.82) is 0 Å². The normalized spacial score (nSPS) is 31.8. The van der Waals surface area contributed by atoms with E-state index >= 15 is 0 Å². The molecule has 0 aromatic carbocycles. The van der Waals surface area contributed by atoms with Gasteiger partial charge in [-0.1, -0.05) is 29.5 Å². The number of rotatable bonds is 6. The predicted molar refractivity (Wildman–Crippen MR) is 71.7 cm³/mol. The summed E-state index contributed by atoms with van der Waals surface area (Å²) < 4.78 is 12.5. The highest BCUT2D eigenvalue weighted by atomic mass is 127. The number of ether oxygens (including phenoxy) is 2. The molecule has 0 spiro atoms. The molecule has 90 valence electrons. The number of hydrogen-bond donors (Lipinski definition) is 0. The van der Waals surface area contributed by atoms with Crippen molar-refractivity contribution in [3.05, 3.63) is 0 Å². The fourth-order valence-electron chi connectivity index (χ4n) is 2.07. The molecule has 1 aliphatic carbocycles. The van der Waals surface area contributed by atoms with Gasteiger partial charge in [-0.3, -0.25) is 0 Å². The highest BCUT2D eigenvalue weighted by Crippen LogP contribution is 2.36. The van der Waals surface area contributed by atoms with Gasteiger partial charge in [0.05, 0.1) is 18.8 Å². The molecule has 0 bridgehead atoms. The Morgan fingerprint density at radius 3 is 2.47 bits per heavy atom. The molecule has 0 aromatic rings. The second kappa shape index (κ2) is 7.07. The van der Waals surface area contributed by atoms with E-state index in [9.17, 15) is 0 Å². The Morgan fingerprint density at radius 2 is 1.93 bits per heavy atom. The predicted octanol–water partition coefficient (Wildman–Crippen LogP) is 3.42. The zero-order valence-corrected chi connectivity index (χ0v) is 12.1. The summed E-state index contributed by atoms with van der Waals surface area (Å²) in [6.45, 7) is 6.65. The summed E-state index contributed by atoms with van der Waals surface area (Å²) in [6.07, 6.45) is 5.09. The van der Waals surface area contributed by atoms with E-state index in [0.717, 1.165) is 30.2 Å². The van der Waals surface area contributed by atoms with E-state index in [-0.39, 0.29) is 5.60 Å². The molecular weight excluding hydrogens is 303 g/mol. The van der Waals surface area contributed by atoms with E-state index in [0.29, 0.717) is 0 Å². The third-order valence-corrected chi connectivity index (χ3v) is 4.66. The third-order valence-electron chi connectivity index (χ3n) is 3.27. The molecule has 0 amide bonds. The lowest BCUT2D eigenvalue weighted by Gasteiger charge is -2.38. The molecule has 0 radical (unpaired) electrons. The minimum Gasteiger partial charge on any atom is -0.379 e. The van der Waals surface area contributed by atoms with Crippen LogP contribution in [0.1, 0.15) is 39.5 Å². The van der Waals surface area contributed by atoms with Crippen LogP contribution in [0.25, 0.3) is 0 Å². The first-order valence-electron chi connectivity index (χ1n) is 6.00. The maximum atomic E-state index is 6.04. The molecule has 1 aliphatic rings. The summed E-state index contributed by atoms with van der Waals surface area (Å²) in [5, 5.41) is 0. The zero-order chi connectivity index (χ0) is 11.1. The molecule has 0 heterocycles. The summed E-state index contributed by atoms with van der Waals surface area (Å²) in [4.78, 5) is 0. The maximum Gasteiger partial charge on any atom is 0.0772 e. The number of hydrogen-bond acceptors (Lipinski definition) is 2. The zero-order valence-electron chi connectivity index (χ0n) is 9.93. The van der Waals surface area contributed by atoms with Gasteiger partial charge in [-0.15, -0.1) is 0 Å². The van der Waals surface area contributed by atoms with Crippen LogP contribution in [-0.2, 0) is 9.47 Å². The lowest BCUT2D eigenvalue weighted by Crippen LogP contribution is -2.39. The minimum atomic E-state index is 0.157. The van der Waals surface area contributed by atoms with E-state index in [1.165, 1.54) is 25.7 Å². The third kappa shape index (κ3) is 4.57. The SMILES string of the molecule is CCOCCOC1(CI)CCC(C)CC1. The van der Waals surface area contributed by atoms with Crippen LogP contribution in [0.3, 0.4) is 0 Å². The summed E-state index contributed by atoms with van der Waals surface area (Å²) in [5.74, 6) is 0.886. The van der Waals surface area contributed by atoms with Gasteiger partial charge in [-0.25, -0.2) is 0 Å². The van der Waals surface area contributed by atoms with Gasteiger partial charge in [-0.05, 0) is 38.5 Å². The Kier molecular flexibility index (Phi) is 6.46. The van der Waals surface area contributed by atoms with Gasteiger partial charge >= 0.3 is 0 Å². The summed E-state index contributed by atoms with van der Waals surface area (Å²) >= 11 is 2.46. The molecule has 1 rings (SSSR count). The van der Waals surface area contributed by atoms with E-state index < -0.39 is 0 Å². The average Bonchev–Trinajstić information content (AvgIpc) is 2.28. The van der Waals surface area contributed by atoms with Gasteiger partial charge in [-0.2, -0.15) is 0 Å².